The van der Waals surface area contributed by atoms with Crippen LogP contribution < -0.4 is 0 Å². The molecule has 0 bridgehead atoms. The molecule has 0 spiro atoms. The molecular weight excluding hydrogens is 356 g/mol. The Labute approximate surface area is 172 Å². The lowest BCUT2D eigenvalue weighted by Crippen LogP contribution is -2.00. The Hall–Kier alpha value is -2.68. The van der Waals surface area contributed by atoms with Crippen LogP contribution in [0.25, 0.3) is 22.4 Å². The minimum absolute atomic E-state index is 0.176. The van der Waals surface area contributed by atoms with Gasteiger partial charge in [-0.2, -0.15) is 0 Å². The number of benzene rings is 2. The largest absolute Gasteiger partial charge is 0.342 e. The summed E-state index contributed by atoms with van der Waals surface area (Å²) in [5.74, 6) is 2.53. The first-order valence-electron chi connectivity index (χ1n) is 10.9. The van der Waals surface area contributed by atoms with Crippen molar-refractivity contribution in [1.82, 2.24) is 9.97 Å². The monoisotopic (exact) mass is 384 g/mol. The smallest absolute Gasteiger partial charge is 0.160 e. The number of H-pyrrole nitrogens is 1. The van der Waals surface area contributed by atoms with E-state index in [1.54, 1.807) is 6.92 Å². The van der Waals surface area contributed by atoms with Gasteiger partial charge in [0.15, 0.2) is 5.78 Å². The Bertz CT molecular complexity index is 1050. The van der Waals surface area contributed by atoms with Crippen molar-refractivity contribution in [3.8, 4) is 22.4 Å². The van der Waals surface area contributed by atoms with Crippen molar-refractivity contribution in [2.45, 2.75) is 58.3 Å². The van der Waals surface area contributed by atoms with Crippen molar-refractivity contribution < 1.29 is 4.79 Å². The Kier molecular flexibility index (Phi) is 4.61. The number of ketones is 1. The van der Waals surface area contributed by atoms with Gasteiger partial charge in [-0.3, -0.25) is 4.79 Å². The summed E-state index contributed by atoms with van der Waals surface area (Å²) in [6.45, 7) is 3.95. The van der Waals surface area contributed by atoms with Gasteiger partial charge in [-0.05, 0) is 66.3 Å². The van der Waals surface area contributed by atoms with E-state index >= 15 is 0 Å². The highest BCUT2D eigenvalue weighted by Crippen LogP contribution is 2.38. The average Bonchev–Trinajstić information content (AvgIpc) is 3.46. The first kappa shape index (κ1) is 18.4. The second kappa shape index (κ2) is 7.29. The van der Waals surface area contributed by atoms with Crippen LogP contribution in [0.15, 0.2) is 42.6 Å². The predicted octanol–water partition coefficient (Wildman–Crippen LogP) is 6.34. The number of nitrogens with zero attached hydrogens (tertiary/aromatic N) is 1. The third-order valence-corrected chi connectivity index (χ3v) is 6.76. The van der Waals surface area contributed by atoms with Crippen molar-refractivity contribution in [2.24, 2.45) is 5.92 Å². The molecule has 1 aromatic heterocycles. The highest BCUT2D eigenvalue weighted by molar-refractivity contribution is 5.97. The maximum absolute atomic E-state index is 12.0. The van der Waals surface area contributed by atoms with Crippen molar-refractivity contribution in [1.29, 1.82) is 0 Å². The second-order valence-corrected chi connectivity index (χ2v) is 8.93. The highest BCUT2D eigenvalue weighted by atomic mass is 16.1. The zero-order chi connectivity index (χ0) is 20.0. The molecule has 1 N–H and O–H groups in total. The third-order valence-electron chi connectivity index (χ3n) is 6.76. The molecule has 148 valence electrons. The van der Waals surface area contributed by atoms with Crippen molar-refractivity contribution in [2.75, 3.05) is 0 Å². The molecule has 0 saturated heterocycles. The van der Waals surface area contributed by atoms with E-state index in [-0.39, 0.29) is 5.78 Å². The summed E-state index contributed by atoms with van der Waals surface area (Å²) in [7, 11) is 0. The van der Waals surface area contributed by atoms with Crippen LogP contribution in [-0.4, -0.2) is 15.8 Å². The number of hydrogen-bond donors (Lipinski definition) is 1. The maximum Gasteiger partial charge on any atom is 0.160 e. The maximum atomic E-state index is 12.0. The molecule has 1 unspecified atom stereocenters. The molecule has 2 aromatic carbocycles. The van der Waals surface area contributed by atoms with Crippen molar-refractivity contribution in [3.63, 3.8) is 0 Å². The number of carbonyl (C=O) groups is 1. The number of fused-ring (bicyclic) bond motifs is 1. The van der Waals surface area contributed by atoms with Gasteiger partial charge in [-0.1, -0.05) is 56.2 Å². The average molecular weight is 385 g/mol. The Morgan fingerprint density at radius 3 is 2.38 bits per heavy atom. The summed E-state index contributed by atoms with van der Waals surface area (Å²) in [5, 5.41) is 0. The molecule has 0 amide bonds. The minimum atomic E-state index is 0.176. The summed E-state index contributed by atoms with van der Waals surface area (Å²) in [4.78, 5) is 20.2. The van der Waals surface area contributed by atoms with E-state index in [2.05, 4.69) is 47.2 Å². The second-order valence-electron chi connectivity index (χ2n) is 8.93. The first-order valence-corrected chi connectivity index (χ1v) is 10.9. The molecule has 0 aliphatic heterocycles. The minimum Gasteiger partial charge on any atom is -0.342 e. The van der Waals surface area contributed by atoms with Crippen molar-refractivity contribution in [3.05, 3.63) is 65.1 Å². The lowest BCUT2D eigenvalue weighted by molar-refractivity contribution is 0.101. The molecule has 2 aliphatic rings. The lowest BCUT2D eigenvalue weighted by atomic mass is 9.92. The van der Waals surface area contributed by atoms with Crippen LogP contribution in [0, 0.1) is 5.92 Å². The number of rotatable bonds is 4. The molecule has 3 heteroatoms. The molecule has 1 saturated carbocycles. The van der Waals surface area contributed by atoms with Crippen LogP contribution in [0.5, 0.6) is 0 Å². The molecule has 3 aromatic rings. The van der Waals surface area contributed by atoms with E-state index in [0.29, 0.717) is 11.8 Å². The van der Waals surface area contributed by atoms with E-state index in [4.69, 9.17) is 0 Å². The number of carbonyl (C=O) groups excluding carboxylic acids is 1. The molecule has 1 atom stereocenters. The van der Waals surface area contributed by atoms with Crippen LogP contribution in [0.2, 0.25) is 0 Å². The molecule has 0 radical (unpaired) electrons. The van der Waals surface area contributed by atoms with Gasteiger partial charge in [0.2, 0.25) is 0 Å². The van der Waals surface area contributed by atoms with Crippen LogP contribution in [-0.2, 0) is 12.8 Å². The lowest BCUT2D eigenvalue weighted by Gasteiger charge is -2.12. The number of imidazole rings is 1. The molecule has 1 fully saturated rings. The van der Waals surface area contributed by atoms with E-state index in [1.165, 1.54) is 53.5 Å². The number of hydrogen-bond acceptors (Lipinski definition) is 2. The van der Waals surface area contributed by atoms with E-state index in [0.717, 1.165) is 29.9 Å². The van der Waals surface area contributed by atoms with Crippen LogP contribution in [0.4, 0.5) is 0 Å². The van der Waals surface area contributed by atoms with Gasteiger partial charge < -0.3 is 4.98 Å². The Morgan fingerprint density at radius 2 is 1.66 bits per heavy atom. The summed E-state index contributed by atoms with van der Waals surface area (Å²) < 4.78 is 0. The van der Waals surface area contributed by atoms with E-state index in [1.807, 2.05) is 12.3 Å². The number of nitrogens with one attached hydrogen (secondary N) is 1. The first-order chi connectivity index (χ1) is 14.1. The molecule has 2 aliphatic carbocycles. The normalized spacial score (nSPS) is 18.9. The predicted molar refractivity (Wildman–Crippen MR) is 117 cm³/mol. The number of aromatic nitrogens is 2. The SMILES string of the molecule is CC(=O)c1ccc(-c2ccc(-c3cnc(C4CCCC4)[nH]3)cc2)c2c1CC(C)C2. The molecule has 5 rings (SSSR count). The van der Waals surface area contributed by atoms with E-state index in [9.17, 15) is 4.79 Å². The molecule has 1 heterocycles. The quantitative estimate of drug-likeness (QED) is 0.534. The van der Waals surface area contributed by atoms with Gasteiger partial charge in [0, 0.05) is 11.5 Å². The van der Waals surface area contributed by atoms with Gasteiger partial charge in [0.1, 0.15) is 5.82 Å². The van der Waals surface area contributed by atoms with Gasteiger partial charge in [0.25, 0.3) is 0 Å². The number of aromatic amines is 1. The van der Waals surface area contributed by atoms with Gasteiger partial charge >= 0.3 is 0 Å². The Morgan fingerprint density at radius 1 is 0.966 bits per heavy atom. The highest BCUT2D eigenvalue weighted by Gasteiger charge is 2.25. The van der Waals surface area contributed by atoms with Gasteiger partial charge in [-0.15, -0.1) is 0 Å². The topological polar surface area (TPSA) is 45.8 Å². The van der Waals surface area contributed by atoms with Gasteiger partial charge in [0.05, 0.1) is 11.9 Å². The van der Waals surface area contributed by atoms with E-state index < -0.39 is 0 Å². The molecule has 3 nitrogen and oxygen atoms in total. The number of Topliss-reactive ketones (excluding diaryl/α,β-unsaturated/α-hetero) is 1. The van der Waals surface area contributed by atoms with Crippen LogP contribution >= 0.6 is 0 Å². The van der Waals surface area contributed by atoms with Crippen LogP contribution in [0.3, 0.4) is 0 Å². The van der Waals surface area contributed by atoms with Crippen LogP contribution in [0.1, 0.15) is 72.8 Å². The fourth-order valence-electron chi connectivity index (χ4n) is 5.25. The zero-order valence-electron chi connectivity index (χ0n) is 17.3. The fraction of sp³-hybridized carbons (Fsp3) is 0.385. The van der Waals surface area contributed by atoms with Gasteiger partial charge in [-0.25, -0.2) is 4.98 Å². The fourth-order valence-corrected chi connectivity index (χ4v) is 5.25. The zero-order valence-corrected chi connectivity index (χ0v) is 17.3. The summed E-state index contributed by atoms with van der Waals surface area (Å²) in [5.41, 5.74) is 8.31. The summed E-state index contributed by atoms with van der Waals surface area (Å²) >= 11 is 0. The summed E-state index contributed by atoms with van der Waals surface area (Å²) in [6, 6.07) is 12.9. The molecular formula is C26H28N2O. The Balaban J connectivity index is 1.45. The third kappa shape index (κ3) is 3.33. The molecule has 29 heavy (non-hydrogen) atoms. The van der Waals surface area contributed by atoms with Crippen molar-refractivity contribution >= 4 is 5.78 Å². The summed E-state index contributed by atoms with van der Waals surface area (Å²) in [6.07, 6.45) is 9.19. The standard InChI is InChI=1S/C26H28N2O/c1-16-13-23-21(17(2)29)11-12-22(24(23)14-16)18-7-9-19(10-8-18)25-15-27-26(28-25)20-5-3-4-6-20/h7-12,15-16,20H,3-6,13-14H2,1-2H3,(H,27,28).